The lowest BCUT2D eigenvalue weighted by atomic mass is 9.82. The molecule has 0 spiro atoms. The van der Waals surface area contributed by atoms with Crippen LogP contribution in [-0.4, -0.2) is 17.1 Å². The molecule has 0 aromatic heterocycles. The Hall–Kier alpha value is -1.35. The molecular formula is C14H23NO2. The van der Waals surface area contributed by atoms with Crippen molar-refractivity contribution in [3.63, 3.8) is 0 Å². The van der Waals surface area contributed by atoms with Crippen LogP contribution in [0.4, 0.5) is 0 Å². The van der Waals surface area contributed by atoms with E-state index in [0.717, 1.165) is 12.0 Å². The number of hydrogen-bond donors (Lipinski definition) is 2. The summed E-state index contributed by atoms with van der Waals surface area (Å²) >= 11 is 0. The topological polar surface area (TPSA) is 63.3 Å². The number of allylic oxidation sites excluding steroid dienone is 5. The fourth-order valence-electron chi connectivity index (χ4n) is 1.28. The number of aliphatic hydroxyl groups excluding tert-OH is 1. The SMILES string of the molecule is CCC=CC=CC=C(C)C(O)C(C)(C)C(N)=O. The molecule has 1 amide bonds. The van der Waals surface area contributed by atoms with Gasteiger partial charge >= 0.3 is 0 Å². The number of carbonyl (C=O) groups excluding carboxylic acids is 1. The van der Waals surface area contributed by atoms with Gasteiger partial charge in [-0.25, -0.2) is 0 Å². The Balaban J connectivity index is 4.65. The van der Waals surface area contributed by atoms with Gasteiger partial charge in [-0.2, -0.15) is 0 Å². The van der Waals surface area contributed by atoms with Crippen molar-refractivity contribution in [1.29, 1.82) is 0 Å². The van der Waals surface area contributed by atoms with E-state index >= 15 is 0 Å². The minimum atomic E-state index is -0.951. The minimum Gasteiger partial charge on any atom is -0.388 e. The summed E-state index contributed by atoms with van der Waals surface area (Å²) in [5.41, 5.74) is 5.01. The van der Waals surface area contributed by atoms with Gasteiger partial charge in [0.15, 0.2) is 0 Å². The quantitative estimate of drug-likeness (QED) is 0.696. The molecule has 0 aromatic carbocycles. The average Bonchev–Trinajstić information content (AvgIpc) is 2.27. The second-order valence-corrected chi connectivity index (χ2v) is 4.62. The van der Waals surface area contributed by atoms with Crippen molar-refractivity contribution in [2.75, 3.05) is 0 Å². The third-order valence-electron chi connectivity index (χ3n) is 2.70. The summed E-state index contributed by atoms with van der Waals surface area (Å²) in [6.45, 7) is 7.11. The monoisotopic (exact) mass is 237 g/mol. The highest BCUT2D eigenvalue weighted by Gasteiger charge is 2.34. The van der Waals surface area contributed by atoms with Crippen LogP contribution in [0.3, 0.4) is 0 Å². The number of carbonyl (C=O) groups is 1. The first-order chi connectivity index (χ1) is 7.84. The van der Waals surface area contributed by atoms with Crippen molar-refractivity contribution in [2.24, 2.45) is 11.1 Å². The van der Waals surface area contributed by atoms with Crippen LogP contribution < -0.4 is 5.73 Å². The Bertz CT molecular complexity index is 338. The Morgan fingerprint density at radius 2 is 1.94 bits per heavy atom. The molecule has 0 heterocycles. The van der Waals surface area contributed by atoms with Gasteiger partial charge in [0.2, 0.25) is 5.91 Å². The van der Waals surface area contributed by atoms with Crippen LogP contribution in [0.5, 0.6) is 0 Å². The second-order valence-electron chi connectivity index (χ2n) is 4.62. The maximum atomic E-state index is 11.2. The summed E-state index contributed by atoms with van der Waals surface area (Å²) in [6, 6.07) is 0. The zero-order valence-electron chi connectivity index (χ0n) is 11.1. The Morgan fingerprint density at radius 3 is 2.41 bits per heavy atom. The molecule has 0 bridgehead atoms. The van der Waals surface area contributed by atoms with Crippen molar-refractivity contribution in [3.05, 3.63) is 36.0 Å². The number of hydrogen-bond acceptors (Lipinski definition) is 2. The van der Waals surface area contributed by atoms with Gasteiger partial charge in [0, 0.05) is 0 Å². The Labute approximate surface area is 104 Å². The molecule has 3 heteroatoms. The zero-order valence-corrected chi connectivity index (χ0v) is 11.1. The van der Waals surface area contributed by atoms with E-state index in [2.05, 4.69) is 6.92 Å². The molecule has 0 aliphatic heterocycles. The smallest absolute Gasteiger partial charge is 0.226 e. The molecule has 0 saturated carbocycles. The first-order valence-corrected chi connectivity index (χ1v) is 5.82. The number of rotatable bonds is 6. The molecule has 0 aliphatic carbocycles. The van der Waals surface area contributed by atoms with Gasteiger partial charge in [0.25, 0.3) is 0 Å². The zero-order chi connectivity index (χ0) is 13.5. The molecule has 0 saturated heterocycles. The predicted octanol–water partition coefficient (Wildman–Crippen LogP) is 2.33. The first kappa shape index (κ1) is 15.7. The van der Waals surface area contributed by atoms with Crippen LogP contribution >= 0.6 is 0 Å². The third kappa shape index (κ3) is 5.00. The maximum absolute atomic E-state index is 11.2. The molecule has 3 N–H and O–H groups in total. The molecule has 0 rings (SSSR count). The normalized spacial score (nSPS) is 15.7. The van der Waals surface area contributed by atoms with Crippen LogP contribution in [-0.2, 0) is 4.79 Å². The number of primary amides is 1. The van der Waals surface area contributed by atoms with E-state index in [1.807, 2.05) is 24.3 Å². The summed E-state index contributed by atoms with van der Waals surface area (Å²) in [5, 5.41) is 10.00. The molecule has 96 valence electrons. The summed E-state index contributed by atoms with van der Waals surface area (Å²) in [6.07, 6.45) is 9.61. The standard InChI is InChI=1S/C14H23NO2/c1-5-6-7-8-9-10-11(2)12(16)14(3,4)13(15)17/h6-10,12,16H,5H2,1-4H3,(H2,15,17). The Morgan fingerprint density at radius 1 is 1.35 bits per heavy atom. The first-order valence-electron chi connectivity index (χ1n) is 5.82. The fraction of sp³-hybridized carbons (Fsp3) is 0.500. The lowest BCUT2D eigenvalue weighted by Gasteiger charge is -2.27. The molecule has 1 atom stereocenters. The lowest BCUT2D eigenvalue weighted by molar-refractivity contribution is -0.130. The maximum Gasteiger partial charge on any atom is 0.226 e. The molecule has 0 aliphatic rings. The van der Waals surface area contributed by atoms with Crippen LogP contribution in [0, 0.1) is 5.41 Å². The molecule has 3 nitrogen and oxygen atoms in total. The van der Waals surface area contributed by atoms with Crippen LogP contribution in [0.25, 0.3) is 0 Å². The highest BCUT2D eigenvalue weighted by atomic mass is 16.3. The minimum absolute atomic E-state index is 0.507. The molecular weight excluding hydrogens is 214 g/mol. The van der Waals surface area contributed by atoms with Crippen LogP contribution in [0.15, 0.2) is 36.0 Å². The highest BCUT2D eigenvalue weighted by molar-refractivity contribution is 5.81. The molecule has 1 unspecified atom stereocenters. The number of aliphatic hydroxyl groups is 1. The number of nitrogens with two attached hydrogens (primary N) is 1. The van der Waals surface area contributed by atoms with Crippen molar-refractivity contribution in [2.45, 2.75) is 40.2 Å². The molecule has 0 radical (unpaired) electrons. The van der Waals surface area contributed by atoms with Gasteiger partial charge in [0.1, 0.15) is 0 Å². The van der Waals surface area contributed by atoms with Gasteiger partial charge in [0.05, 0.1) is 11.5 Å². The summed E-state index contributed by atoms with van der Waals surface area (Å²) in [4.78, 5) is 11.2. The second kappa shape index (κ2) is 7.07. The van der Waals surface area contributed by atoms with Gasteiger partial charge in [-0.1, -0.05) is 37.3 Å². The van der Waals surface area contributed by atoms with Gasteiger partial charge < -0.3 is 10.8 Å². The van der Waals surface area contributed by atoms with E-state index in [1.54, 1.807) is 26.8 Å². The van der Waals surface area contributed by atoms with Crippen molar-refractivity contribution >= 4 is 5.91 Å². The predicted molar refractivity (Wildman–Crippen MR) is 71.3 cm³/mol. The van der Waals surface area contributed by atoms with Gasteiger partial charge in [-0.15, -0.1) is 0 Å². The highest BCUT2D eigenvalue weighted by Crippen LogP contribution is 2.25. The van der Waals surface area contributed by atoms with E-state index in [4.69, 9.17) is 5.73 Å². The third-order valence-corrected chi connectivity index (χ3v) is 2.70. The summed E-state index contributed by atoms with van der Waals surface area (Å²) in [7, 11) is 0. The van der Waals surface area contributed by atoms with E-state index < -0.39 is 17.4 Å². The van der Waals surface area contributed by atoms with E-state index in [-0.39, 0.29) is 0 Å². The van der Waals surface area contributed by atoms with Crippen molar-refractivity contribution in [3.8, 4) is 0 Å². The van der Waals surface area contributed by atoms with E-state index in [9.17, 15) is 9.90 Å². The van der Waals surface area contributed by atoms with Crippen LogP contribution in [0.2, 0.25) is 0 Å². The largest absolute Gasteiger partial charge is 0.388 e. The molecule has 0 aromatic rings. The van der Waals surface area contributed by atoms with E-state index in [0.29, 0.717) is 0 Å². The van der Waals surface area contributed by atoms with Crippen molar-refractivity contribution < 1.29 is 9.90 Å². The van der Waals surface area contributed by atoms with Gasteiger partial charge in [-0.3, -0.25) is 4.79 Å². The Kier molecular flexibility index (Phi) is 6.51. The molecule has 0 fully saturated rings. The van der Waals surface area contributed by atoms with Crippen molar-refractivity contribution in [1.82, 2.24) is 0 Å². The average molecular weight is 237 g/mol. The van der Waals surface area contributed by atoms with Gasteiger partial charge in [-0.05, 0) is 32.8 Å². The summed E-state index contributed by atoms with van der Waals surface area (Å²) in [5.74, 6) is -0.507. The number of amides is 1. The lowest BCUT2D eigenvalue weighted by Crippen LogP contribution is -2.42. The summed E-state index contributed by atoms with van der Waals surface area (Å²) < 4.78 is 0. The van der Waals surface area contributed by atoms with Crippen LogP contribution in [0.1, 0.15) is 34.1 Å². The fourth-order valence-corrected chi connectivity index (χ4v) is 1.28. The molecule has 17 heavy (non-hydrogen) atoms. The van der Waals surface area contributed by atoms with E-state index in [1.165, 1.54) is 0 Å².